The number of aryl methyl sites for hydroxylation is 1. The lowest BCUT2D eigenvalue weighted by atomic mass is 9.94. The van der Waals surface area contributed by atoms with E-state index in [-0.39, 0.29) is 27.4 Å². The van der Waals surface area contributed by atoms with E-state index in [0.29, 0.717) is 73.2 Å². The molecule has 0 radical (unpaired) electrons. The minimum atomic E-state index is -4.11. The van der Waals surface area contributed by atoms with Crippen LogP contribution >= 0.6 is 11.3 Å². The van der Waals surface area contributed by atoms with Crippen molar-refractivity contribution in [3.63, 3.8) is 0 Å². The highest BCUT2D eigenvalue weighted by Gasteiger charge is 2.54. The fraction of sp³-hybridized carbons (Fsp3) is 0.577. The van der Waals surface area contributed by atoms with E-state index in [1.165, 1.54) is 6.07 Å². The second-order valence-corrected chi connectivity index (χ2v) is 13.8. The molecule has 1 amide bonds. The summed E-state index contributed by atoms with van der Waals surface area (Å²) >= 11 is 0.701. The van der Waals surface area contributed by atoms with Gasteiger partial charge in [-0.3, -0.25) is 14.3 Å². The van der Waals surface area contributed by atoms with Crippen LogP contribution in [-0.2, 0) is 21.9 Å². The van der Waals surface area contributed by atoms with Gasteiger partial charge in [0.25, 0.3) is 12.1 Å². The normalized spacial score (nSPS) is 17.3. The Morgan fingerprint density at radius 1 is 1.21 bits per heavy atom. The summed E-state index contributed by atoms with van der Waals surface area (Å²) in [5.41, 5.74) is 0.298. The zero-order valence-corrected chi connectivity index (χ0v) is 25.5. The van der Waals surface area contributed by atoms with E-state index in [1.54, 1.807) is 22.7 Å². The van der Waals surface area contributed by atoms with Crippen LogP contribution in [0.5, 0.6) is 0 Å². The van der Waals surface area contributed by atoms with Gasteiger partial charge in [0.05, 0.1) is 28.9 Å². The number of benzene rings is 1. The van der Waals surface area contributed by atoms with Gasteiger partial charge < -0.3 is 14.7 Å². The molecule has 16 heteroatoms. The molecule has 0 spiro atoms. The van der Waals surface area contributed by atoms with Crippen molar-refractivity contribution in [2.24, 2.45) is 13.0 Å². The van der Waals surface area contributed by atoms with Gasteiger partial charge in [-0.05, 0) is 39.1 Å². The number of hydrogen-bond donors (Lipinski definition) is 1. The molecule has 1 N–H and O–H groups in total. The van der Waals surface area contributed by atoms with Crippen molar-refractivity contribution in [2.45, 2.75) is 42.7 Å². The summed E-state index contributed by atoms with van der Waals surface area (Å²) in [4.78, 5) is 22.3. The van der Waals surface area contributed by atoms with E-state index < -0.39 is 27.1 Å². The summed E-state index contributed by atoms with van der Waals surface area (Å²) in [6, 6.07) is 3.01. The maximum Gasteiger partial charge on any atom is 0.299 e. The van der Waals surface area contributed by atoms with E-state index in [9.17, 15) is 22.0 Å². The Morgan fingerprint density at radius 3 is 2.48 bits per heavy atom. The smallest absolute Gasteiger partial charge is 0.299 e. The molecule has 0 atom stereocenters. The zero-order valence-electron chi connectivity index (χ0n) is 23.8. The molecular weight excluding hydrogens is 588 g/mol. The molecule has 5 rings (SSSR count). The van der Waals surface area contributed by atoms with Crippen molar-refractivity contribution in [3.8, 4) is 10.7 Å². The lowest BCUT2D eigenvalue weighted by molar-refractivity contribution is -0.134. The number of nitrogens with zero attached hydrogens (tertiary/aromatic N) is 8. The van der Waals surface area contributed by atoms with Crippen LogP contribution in [-0.4, -0.2) is 97.1 Å². The van der Waals surface area contributed by atoms with Crippen LogP contribution < -0.4 is 9.62 Å². The maximum atomic E-state index is 13.5. The molecule has 1 aliphatic heterocycles. The number of rotatable bonds is 10. The van der Waals surface area contributed by atoms with Crippen LogP contribution in [0, 0.1) is 12.5 Å². The summed E-state index contributed by atoms with van der Waals surface area (Å²) in [6.07, 6.45) is -0.775. The Hall–Kier alpha value is -3.26. The van der Waals surface area contributed by atoms with E-state index in [0.717, 1.165) is 6.54 Å². The van der Waals surface area contributed by atoms with Gasteiger partial charge in [0, 0.05) is 51.6 Å². The summed E-state index contributed by atoms with van der Waals surface area (Å²) in [6.45, 7) is 9.83. The van der Waals surface area contributed by atoms with Gasteiger partial charge in [-0.15, -0.1) is 14.9 Å². The second-order valence-electron chi connectivity index (χ2n) is 11.1. The Bertz CT molecular complexity index is 1640. The number of hydrogen-bond acceptors (Lipinski definition) is 9. The Balaban J connectivity index is 1.51. The number of anilines is 1. The van der Waals surface area contributed by atoms with Crippen LogP contribution in [0.25, 0.3) is 26.4 Å². The van der Waals surface area contributed by atoms with Crippen molar-refractivity contribution in [1.82, 2.24) is 34.5 Å². The van der Waals surface area contributed by atoms with Crippen LogP contribution in [0.1, 0.15) is 37.1 Å². The largest absolute Gasteiger partial charge is 0.370 e. The van der Waals surface area contributed by atoms with Gasteiger partial charge >= 0.3 is 0 Å². The molecule has 42 heavy (non-hydrogen) atoms. The van der Waals surface area contributed by atoms with E-state index in [1.807, 2.05) is 30.9 Å². The topological polar surface area (TPSA) is 121 Å². The highest BCUT2D eigenvalue weighted by molar-refractivity contribution is 7.89. The van der Waals surface area contributed by atoms with Crippen LogP contribution in [0.15, 0.2) is 17.0 Å². The van der Waals surface area contributed by atoms with Crippen molar-refractivity contribution in [3.05, 3.63) is 28.6 Å². The maximum absolute atomic E-state index is 13.5. The molecule has 2 aromatic heterocycles. The third kappa shape index (κ3) is 5.96. The molecule has 1 aliphatic carbocycles. The Labute approximate surface area is 247 Å². The second kappa shape index (κ2) is 11.4. The average Bonchev–Trinajstić information content (AvgIpc) is 3.38. The third-order valence-corrected chi connectivity index (χ3v) is 10.2. The fourth-order valence-electron chi connectivity index (χ4n) is 5.14. The van der Waals surface area contributed by atoms with Crippen LogP contribution in [0.2, 0.25) is 0 Å². The van der Waals surface area contributed by atoms with Gasteiger partial charge in [-0.25, -0.2) is 23.8 Å². The first kappa shape index (κ1) is 30.2. The molecule has 3 aromatic rings. The Kier molecular flexibility index (Phi) is 8.23. The van der Waals surface area contributed by atoms with Crippen molar-refractivity contribution in [1.29, 1.82) is 0 Å². The standard InChI is InChI=1S/C26H33F2N9O3S2/c1-29-26(8-9-26)33-42(39,40)17-14-18-20(23-30-31-24(41-23)22(27)28)32-36(5)21(18)19(15-17)37-10-6-16(7-11-37)25(38)35(4)13-12-34(2)3/h14-16,22,33H,6-13H2,2-5H3. The van der Waals surface area contributed by atoms with Gasteiger partial charge in [-0.1, -0.05) is 11.3 Å². The molecule has 1 saturated heterocycles. The van der Waals surface area contributed by atoms with E-state index >= 15 is 0 Å². The molecule has 1 aromatic carbocycles. The van der Waals surface area contributed by atoms with Crippen molar-refractivity contribution < 1.29 is 22.0 Å². The summed E-state index contributed by atoms with van der Waals surface area (Å²) < 4.78 is 57.7. The number of sulfonamides is 1. The van der Waals surface area contributed by atoms with Crippen molar-refractivity contribution in [2.75, 3.05) is 52.2 Å². The molecule has 2 aliphatic rings. The number of likely N-dealkylation sites (N-methyl/N-ethyl adjacent to an activating group) is 2. The molecule has 1 saturated carbocycles. The fourth-order valence-corrected chi connectivity index (χ4v) is 7.25. The zero-order chi connectivity index (χ0) is 30.4. The highest BCUT2D eigenvalue weighted by Crippen LogP contribution is 2.41. The molecule has 2 fully saturated rings. The number of piperidine rings is 1. The lowest BCUT2D eigenvalue weighted by Crippen LogP contribution is -2.43. The Morgan fingerprint density at radius 2 is 1.90 bits per heavy atom. The SMILES string of the molecule is [C-]#[N+]C1(NS(=O)(=O)c2cc(N3CCC(C(=O)N(C)CCN(C)C)CC3)c3c(c2)c(-c2nnc(C(F)F)s2)nn3C)CC1. The molecular formula is C26H33F2N9O3S2. The molecule has 226 valence electrons. The molecule has 0 unspecified atom stereocenters. The summed E-state index contributed by atoms with van der Waals surface area (Å²) in [7, 11) is 3.31. The van der Waals surface area contributed by atoms with Gasteiger partial charge in [0.2, 0.25) is 15.9 Å². The van der Waals surface area contributed by atoms with Gasteiger partial charge in [0.15, 0.2) is 10.0 Å². The minimum absolute atomic E-state index is 0.0607. The quantitative estimate of drug-likeness (QED) is 0.343. The van der Waals surface area contributed by atoms with Crippen LogP contribution in [0.3, 0.4) is 0 Å². The monoisotopic (exact) mass is 621 g/mol. The third-order valence-electron chi connectivity index (χ3n) is 7.74. The first-order valence-electron chi connectivity index (χ1n) is 13.5. The van der Waals surface area contributed by atoms with E-state index in [2.05, 4.69) is 24.9 Å². The number of carbonyl (C=O) groups is 1. The number of aromatic nitrogens is 4. The average molecular weight is 622 g/mol. The van der Waals surface area contributed by atoms with E-state index in [4.69, 9.17) is 6.57 Å². The number of fused-ring (bicyclic) bond motifs is 1. The number of halogens is 2. The molecule has 0 bridgehead atoms. The first-order valence-corrected chi connectivity index (χ1v) is 15.8. The minimum Gasteiger partial charge on any atom is -0.370 e. The number of amides is 1. The summed E-state index contributed by atoms with van der Waals surface area (Å²) in [5, 5.41) is 12.1. The molecule has 12 nitrogen and oxygen atoms in total. The van der Waals surface area contributed by atoms with Gasteiger partial charge in [0.1, 0.15) is 5.69 Å². The van der Waals surface area contributed by atoms with Crippen LogP contribution in [0.4, 0.5) is 14.5 Å². The summed E-state index contributed by atoms with van der Waals surface area (Å²) in [5.74, 6) is -0.0629. The lowest BCUT2D eigenvalue weighted by Gasteiger charge is -2.35. The van der Waals surface area contributed by atoms with Crippen molar-refractivity contribution >= 4 is 43.9 Å². The van der Waals surface area contributed by atoms with Gasteiger partial charge in [-0.2, -0.15) is 5.10 Å². The predicted molar refractivity (Wildman–Crippen MR) is 155 cm³/mol. The number of carbonyl (C=O) groups excluding carboxylic acids is 1. The first-order chi connectivity index (χ1) is 19.8. The molecule has 3 heterocycles. The highest BCUT2D eigenvalue weighted by atomic mass is 32.2. The number of nitrogens with one attached hydrogen (secondary N) is 1. The predicted octanol–water partition coefficient (Wildman–Crippen LogP) is 2.95. The number of alkyl halides is 2.